The fraction of sp³-hybridized carbons (Fsp3) is 0.438. The Kier molecular flexibility index (Phi) is 5.09. The van der Waals surface area contributed by atoms with Crippen molar-refractivity contribution in [2.75, 3.05) is 13.6 Å². The lowest BCUT2D eigenvalue weighted by Crippen LogP contribution is -2.28. The van der Waals surface area contributed by atoms with Crippen LogP contribution in [0.4, 0.5) is 0 Å². The van der Waals surface area contributed by atoms with Gasteiger partial charge in [0.05, 0.1) is 18.3 Å². The molecule has 0 radical (unpaired) electrons. The summed E-state index contributed by atoms with van der Waals surface area (Å²) in [6.07, 6.45) is 3.79. The Balaban J connectivity index is 2.09. The van der Waals surface area contributed by atoms with E-state index in [9.17, 15) is 9.59 Å². The maximum absolute atomic E-state index is 12.0. The highest BCUT2D eigenvalue weighted by Crippen LogP contribution is 2.08. The molecule has 0 N–H and O–H groups in total. The van der Waals surface area contributed by atoms with Crippen LogP contribution in [0.2, 0.25) is 0 Å². The smallest absolute Gasteiger partial charge is 0.224 e. The summed E-state index contributed by atoms with van der Waals surface area (Å²) in [5.41, 5.74) is 0.683. The van der Waals surface area contributed by atoms with Gasteiger partial charge in [-0.3, -0.25) is 14.3 Å². The molecule has 0 fully saturated rings. The Morgan fingerprint density at radius 2 is 2.10 bits per heavy atom. The lowest BCUT2D eigenvalue weighted by molar-refractivity contribution is -0.130. The quantitative estimate of drug-likeness (QED) is 0.817. The minimum atomic E-state index is -0.0896. The maximum atomic E-state index is 12.0. The summed E-state index contributed by atoms with van der Waals surface area (Å²) in [6, 6.07) is 7.34. The van der Waals surface area contributed by atoms with Crippen LogP contribution in [0.15, 0.2) is 35.3 Å². The first kappa shape index (κ1) is 15.2. The van der Waals surface area contributed by atoms with Gasteiger partial charge in [0, 0.05) is 25.4 Å². The molecule has 1 amide bonds. The minimum Gasteiger partial charge on any atom is -0.346 e. The first-order valence-electron chi connectivity index (χ1n) is 7.32. The summed E-state index contributed by atoms with van der Waals surface area (Å²) in [5.74, 6) is 0.105. The molecule has 0 aliphatic heterocycles. The number of hydrogen-bond acceptors (Lipinski definition) is 3. The van der Waals surface area contributed by atoms with E-state index in [2.05, 4.69) is 12.0 Å². The molecule has 5 heteroatoms. The van der Waals surface area contributed by atoms with E-state index < -0.39 is 0 Å². The third-order valence-corrected chi connectivity index (χ3v) is 3.57. The molecule has 1 aromatic carbocycles. The topological polar surface area (TPSA) is 55.2 Å². The number of fused-ring (bicyclic) bond motifs is 1. The molecule has 21 heavy (non-hydrogen) atoms. The van der Waals surface area contributed by atoms with Gasteiger partial charge in [-0.2, -0.15) is 5.10 Å². The van der Waals surface area contributed by atoms with Crippen molar-refractivity contribution in [1.29, 1.82) is 0 Å². The van der Waals surface area contributed by atoms with Crippen molar-refractivity contribution in [3.8, 4) is 0 Å². The lowest BCUT2D eigenvalue weighted by Gasteiger charge is -2.17. The van der Waals surface area contributed by atoms with Crippen molar-refractivity contribution in [3.05, 3.63) is 40.7 Å². The Bertz CT molecular complexity index is 679. The predicted octanol–water partition coefficient (Wildman–Crippen LogP) is 2.05. The van der Waals surface area contributed by atoms with Crippen LogP contribution in [0, 0.1) is 0 Å². The van der Waals surface area contributed by atoms with Crippen LogP contribution in [0.5, 0.6) is 0 Å². The van der Waals surface area contributed by atoms with E-state index in [1.54, 1.807) is 15.6 Å². The molecule has 0 saturated heterocycles. The Hall–Kier alpha value is -2.17. The standard InChI is InChI=1S/C16H21N3O2/c1-3-4-10-18(2)16(21)9-11-19-14-8-6-5-7-13(14)15(20)12-17-19/h5-8,12H,3-4,9-11H2,1-2H3. The number of amides is 1. The largest absolute Gasteiger partial charge is 0.346 e. The molecule has 0 bridgehead atoms. The number of carbonyl (C=O) groups is 1. The van der Waals surface area contributed by atoms with E-state index in [0.717, 1.165) is 24.9 Å². The highest BCUT2D eigenvalue weighted by atomic mass is 16.2. The predicted molar refractivity (Wildman–Crippen MR) is 83.2 cm³/mol. The van der Waals surface area contributed by atoms with Gasteiger partial charge in [0.2, 0.25) is 11.3 Å². The van der Waals surface area contributed by atoms with Crippen LogP contribution < -0.4 is 5.43 Å². The van der Waals surface area contributed by atoms with Gasteiger partial charge in [0.25, 0.3) is 0 Å². The third kappa shape index (κ3) is 3.68. The molecule has 2 aromatic rings. The molecule has 1 aromatic heterocycles. The van der Waals surface area contributed by atoms with E-state index >= 15 is 0 Å². The number of unbranched alkanes of at least 4 members (excludes halogenated alkanes) is 1. The zero-order chi connectivity index (χ0) is 15.2. The number of nitrogens with zero attached hydrogens (tertiary/aromatic N) is 3. The van der Waals surface area contributed by atoms with Gasteiger partial charge in [-0.1, -0.05) is 25.5 Å². The first-order chi connectivity index (χ1) is 10.1. The van der Waals surface area contributed by atoms with Crippen molar-refractivity contribution in [2.45, 2.75) is 32.7 Å². The number of para-hydroxylation sites is 1. The van der Waals surface area contributed by atoms with Crippen LogP contribution in [0.3, 0.4) is 0 Å². The number of aromatic nitrogens is 2. The average Bonchev–Trinajstić information content (AvgIpc) is 2.52. The molecular formula is C16H21N3O2. The molecule has 5 nitrogen and oxygen atoms in total. The van der Waals surface area contributed by atoms with Crippen molar-refractivity contribution < 1.29 is 4.79 Å². The highest BCUT2D eigenvalue weighted by Gasteiger charge is 2.09. The zero-order valence-electron chi connectivity index (χ0n) is 12.6. The molecule has 112 valence electrons. The summed E-state index contributed by atoms with van der Waals surface area (Å²) in [6.45, 7) is 3.37. The van der Waals surface area contributed by atoms with Gasteiger partial charge in [0.15, 0.2) is 0 Å². The van der Waals surface area contributed by atoms with E-state index in [-0.39, 0.29) is 11.3 Å². The van der Waals surface area contributed by atoms with Crippen LogP contribution in [-0.4, -0.2) is 34.2 Å². The second-order valence-electron chi connectivity index (χ2n) is 5.17. The molecule has 0 saturated carbocycles. The van der Waals surface area contributed by atoms with Gasteiger partial charge in [-0.05, 0) is 18.6 Å². The summed E-state index contributed by atoms with van der Waals surface area (Å²) >= 11 is 0. The fourth-order valence-electron chi connectivity index (χ4n) is 2.25. The molecule has 2 rings (SSSR count). The van der Waals surface area contributed by atoms with Gasteiger partial charge in [-0.25, -0.2) is 0 Å². The van der Waals surface area contributed by atoms with Gasteiger partial charge >= 0.3 is 0 Å². The van der Waals surface area contributed by atoms with Gasteiger partial charge < -0.3 is 4.90 Å². The normalized spacial score (nSPS) is 10.8. The monoisotopic (exact) mass is 287 g/mol. The van der Waals surface area contributed by atoms with Gasteiger partial charge in [-0.15, -0.1) is 0 Å². The highest BCUT2D eigenvalue weighted by molar-refractivity contribution is 5.79. The fourth-order valence-corrected chi connectivity index (χ4v) is 2.25. The van der Waals surface area contributed by atoms with Crippen LogP contribution in [0.25, 0.3) is 10.9 Å². The zero-order valence-corrected chi connectivity index (χ0v) is 12.6. The first-order valence-corrected chi connectivity index (χ1v) is 7.32. The van der Waals surface area contributed by atoms with Crippen molar-refractivity contribution in [3.63, 3.8) is 0 Å². The number of carbonyl (C=O) groups excluding carboxylic acids is 1. The van der Waals surface area contributed by atoms with Crippen molar-refractivity contribution >= 4 is 16.8 Å². The molecule has 0 spiro atoms. The Labute approximate surface area is 124 Å². The average molecular weight is 287 g/mol. The number of hydrogen-bond donors (Lipinski definition) is 0. The second-order valence-corrected chi connectivity index (χ2v) is 5.17. The van der Waals surface area contributed by atoms with Crippen molar-refractivity contribution in [2.24, 2.45) is 0 Å². The summed E-state index contributed by atoms with van der Waals surface area (Å²) in [5, 5.41) is 4.77. The van der Waals surface area contributed by atoms with Crippen LogP contribution in [0.1, 0.15) is 26.2 Å². The molecule has 0 unspecified atom stereocenters. The molecular weight excluding hydrogens is 266 g/mol. The molecule has 0 aliphatic carbocycles. The van der Waals surface area contributed by atoms with Crippen LogP contribution >= 0.6 is 0 Å². The minimum absolute atomic E-state index is 0.0896. The summed E-state index contributed by atoms with van der Waals surface area (Å²) in [7, 11) is 1.83. The Morgan fingerprint density at radius 1 is 1.33 bits per heavy atom. The number of rotatable bonds is 6. The third-order valence-electron chi connectivity index (χ3n) is 3.57. The van der Waals surface area contributed by atoms with E-state index in [4.69, 9.17) is 0 Å². The molecule has 1 heterocycles. The Morgan fingerprint density at radius 3 is 2.86 bits per heavy atom. The summed E-state index contributed by atoms with van der Waals surface area (Å²) < 4.78 is 1.72. The SMILES string of the molecule is CCCCN(C)C(=O)CCn1ncc(=O)c2ccccc21. The molecule has 0 aliphatic rings. The van der Waals surface area contributed by atoms with Gasteiger partial charge in [0.1, 0.15) is 0 Å². The maximum Gasteiger partial charge on any atom is 0.224 e. The van der Waals surface area contributed by atoms with Crippen molar-refractivity contribution in [1.82, 2.24) is 14.7 Å². The lowest BCUT2D eigenvalue weighted by atomic mass is 10.2. The van der Waals surface area contributed by atoms with Crippen LogP contribution in [-0.2, 0) is 11.3 Å². The number of benzene rings is 1. The van der Waals surface area contributed by atoms with E-state index in [1.165, 1.54) is 6.20 Å². The number of aryl methyl sites for hydroxylation is 1. The molecule has 0 atom stereocenters. The van der Waals surface area contributed by atoms with E-state index in [1.807, 2.05) is 25.2 Å². The van der Waals surface area contributed by atoms with E-state index in [0.29, 0.717) is 18.4 Å². The summed E-state index contributed by atoms with van der Waals surface area (Å²) in [4.78, 5) is 25.6. The second kappa shape index (κ2) is 7.02.